The Balaban J connectivity index is 2.61. The van der Waals surface area contributed by atoms with E-state index in [0.29, 0.717) is 5.56 Å². The van der Waals surface area contributed by atoms with E-state index in [0.717, 1.165) is 18.2 Å². The Morgan fingerprint density at radius 2 is 1.95 bits per heavy atom. The number of carbonyl (C=O) groups is 1. The average Bonchev–Trinajstić information content (AvgIpc) is 2.35. The first-order valence-electron chi connectivity index (χ1n) is 5.24. The largest absolute Gasteiger partial charge is 0.458 e. The Morgan fingerprint density at radius 3 is 2.42 bits per heavy atom. The number of nitriles is 1. The van der Waals surface area contributed by atoms with Crippen LogP contribution in [0.2, 0.25) is 0 Å². The van der Waals surface area contributed by atoms with Gasteiger partial charge in [0.1, 0.15) is 6.61 Å². The van der Waals surface area contributed by atoms with Gasteiger partial charge in [0, 0.05) is 11.6 Å². The van der Waals surface area contributed by atoms with E-state index in [4.69, 9.17) is 10.00 Å². The molecule has 3 nitrogen and oxygen atoms in total. The van der Waals surface area contributed by atoms with E-state index in [1.807, 2.05) is 0 Å². The van der Waals surface area contributed by atoms with E-state index in [1.54, 1.807) is 6.07 Å². The summed E-state index contributed by atoms with van der Waals surface area (Å²) in [7, 11) is 0. The van der Waals surface area contributed by atoms with Crippen molar-refractivity contribution in [2.75, 3.05) is 0 Å². The third-order valence-electron chi connectivity index (χ3n) is 2.17. The third kappa shape index (κ3) is 4.84. The smallest absolute Gasteiger partial charge is 0.416 e. The van der Waals surface area contributed by atoms with E-state index in [-0.39, 0.29) is 12.2 Å². The van der Waals surface area contributed by atoms with Crippen molar-refractivity contribution < 1.29 is 22.7 Å². The highest BCUT2D eigenvalue weighted by Crippen LogP contribution is 2.29. The molecule has 1 aromatic carbocycles. The van der Waals surface area contributed by atoms with Crippen molar-refractivity contribution >= 4 is 5.97 Å². The van der Waals surface area contributed by atoms with Gasteiger partial charge in [0.25, 0.3) is 0 Å². The van der Waals surface area contributed by atoms with Crippen molar-refractivity contribution in [2.45, 2.75) is 19.7 Å². The number of allylic oxidation sites excluding steroid dienone is 1. The molecule has 0 atom stereocenters. The highest BCUT2D eigenvalue weighted by atomic mass is 19.4. The van der Waals surface area contributed by atoms with E-state index in [1.165, 1.54) is 19.1 Å². The molecular weight excluding hydrogens is 259 g/mol. The zero-order chi connectivity index (χ0) is 14.5. The van der Waals surface area contributed by atoms with E-state index < -0.39 is 17.7 Å². The number of ether oxygens (including phenoxy) is 1. The van der Waals surface area contributed by atoms with Gasteiger partial charge in [0.15, 0.2) is 0 Å². The molecule has 0 saturated carbocycles. The first-order valence-corrected chi connectivity index (χ1v) is 5.24. The van der Waals surface area contributed by atoms with Gasteiger partial charge in [-0.05, 0) is 24.6 Å². The number of hydrogen-bond acceptors (Lipinski definition) is 3. The van der Waals surface area contributed by atoms with Crippen LogP contribution in [0.4, 0.5) is 13.2 Å². The standard InChI is InChI=1S/C13H10F3NO2/c1-9(7-17)6-12(18)19-8-10-2-4-11(5-3-10)13(14,15)16/h2-6H,8H2,1H3/b9-6+. The van der Waals surface area contributed by atoms with Crippen LogP contribution < -0.4 is 0 Å². The van der Waals surface area contributed by atoms with Crippen LogP contribution in [0.1, 0.15) is 18.1 Å². The maximum absolute atomic E-state index is 12.3. The molecule has 0 aromatic heterocycles. The van der Waals surface area contributed by atoms with Crippen molar-refractivity contribution in [3.05, 3.63) is 47.0 Å². The molecule has 0 N–H and O–H groups in total. The summed E-state index contributed by atoms with van der Waals surface area (Å²) in [5.74, 6) is -0.709. The fourth-order valence-corrected chi connectivity index (χ4v) is 1.20. The van der Waals surface area contributed by atoms with Gasteiger partial charge in [-0.1, -0.05) is 12.1 Å². The number of hydrogen-bond donors (Lipinski definition) is 0. The molecule has 1 rings (SSSR count). The van der Waals surface area contributed by atoms with Gasteiger partial charge in [-0.3, -0.25) is 0 Å². The second-order valence-corrected chi connectivity index (χ2v) is 3.74. The summed E-state index contributed by atoms with van der Waals surface area (Å²) in [5.41, 5.74) is -0.135. The molecule has 6 heteroatoms. The Kier molecular flexibility index (Phi) is 4.70. The molecule has 0 fully saturated rings. The van der Waals surface area contributed by atoms with Crippen molar-refractivity contribution in [1.82, 2.24) is 0 Å². The minimum atomic E-state index is -4.39. The molecule has 0 bridgehead atoms. The van der Waals surface area contributed by atoms with E-state index >= 15 is 0 Å². The summed E-state index contributed by atoms with van der Waals surface area (Å²) in [5, 5.41) is 8.44. The van der Waals surface area contributed by atoms with Crippen molar-refractivity contribution in [1.29, 1.82) is 5.26 Å². The molecule has 0 spiro atoms. The molecule has 0 unspecified atom stereocenters. The van der Waals surface area contributed by atoms with Crippen LogP contribution in [0, 0.1) is 11.3 Å². The zero-order valence-corrected chi connectivity index (χ0v) is 9.99. The molecule has 1 aromatic rings. The highest BCUT2D eigenvalue weighted by Gasteiger charge is 2.29. The number of nitrogens with zero attached hydrogens (tertiary/aromatic N) is 1. The second-order valence-electron chi connectivity index (χ2n) is 3.74. The van der Waals surface area contributed by atoms with Gasteiger partial charge in [-0.15, -0.1) is 0 Å². The molecule has 0 heterocycles. The topological polar surface area (TPSA) is 50.1 Å². The number of halogens is 3. The molecule has 0 amide bonds. The molecule has 0 aliphatic heterocycles. The van der Waals surface area contributed by atoms with Gasteiger partial charge in [0.05, 0.1) is 11.6 Å². The van der Waals surface area contributed by atoms with Gasteiger partial charge < -0.3 is 4.74 Å². The number of carbonyl (C=O) groups excluding carboxylic acids is 1. The van der Waals surface area contributed by atoms with Gasteiger partial charge in [-0.25, -0.2) is 4.79 Å². The lowest BCUT2D eigenvalue weighted by molar-refractivity contribution is -0.139. The fraction of sp³-hybridized carbons (Fsp3) is 0.231. The van der Waals surface area contributed by atoms with E-state index in [2.05, 4.69) is 0 Å². The molecule has 0 radical (unpaired) electrons. The van der Waals surface area contributed by atoms with Crippen LogP contribution in [0.5, 0.6) is 0 Å². The second kappa shape index (κ2) is 6.05. The Hall–Kier alpha value is -2.29. The normalized spacial score (nSPS) is 11.8. The summed E-state index contributed by atoms with van der Waals surface area (Å²) in [6, 6.07) is 6.05. The third-order valence-corrected chi connectivity index (χ3v) is 2.17. The van der Waals surface area contributed by atoms with Crippen LogP contribution in [-0.4, -0.2) is 5.97 Å². The molecule has 0 saturated heterocycles. The zero-order valence-electron chi connectivity index (χ0n) is 9.99. The number of alkyl halides is 3. The minimum absolute atomic E-state index is 0.147. The molecule has 0 aliphatic carbocycles. The molecule has 100 valence electrons. The Bertz CT molecular complexity index is 524. The van der Waals surface area contributed by atoms with Crippen molar-refractivity contribution in [2.24, 2.45) is 0 Å². The first kappa shape index (κ1) is 14.8. The summed E-state index contributed by atoms with van der Waals surface area (Å²) in [6.45, 7) is 1.30. The van der Waals surface area contributed by atoms with Crippen LogP contribution in [0.15, 0.2) is 35.9 Å². The number of esters is 1. The van der Waals surface area contributed by atoms with Gasteiger partial charge in [-0.2, -0.15) is 18.4 Å². The average molecular weight is 269 g/mol. The van der Waals surface area contributed by atoms with Gasteiger partial charge >= 0.3 is 12.1 Å². The van der Waals surface area contributed by atoms with Crippen LogP contribution in [0.25, 0.3) is 0 Å². The SMILES string of the molecule is C/C(C#N)=C\C(=O)OCc1ccc(C(F)(F)F)cc1. The number of benzene rings is 1. The minimum Gasteiger partial charge on any atom is -0.458 e. The fourth-order valence-electron chi connectivity index (χ4n) is 1.20. The number of rotatable bonds is 3. The molecule has 19 heavy (non-hydrogen) atoms. The van der Waals surface area contributed by atoms with Gasteiger partial charge in [0.2, 0.25) is 0 Å². The Labute approximate surface area is 107 Å². The first-order chi connectivity index (χ1) is 8.82. The quantitative estimate of drug-likeness (QED) is 0.481. The Morgan fingerprint density at radius 1 is 1.37 bits per heavy atom. The predicted octanol–water partition coefficient (Wildman–Crippen LogP) is 3.22. The summed E-state index contributed by atoms with van der Waals surface area (Å²) in [6.07, 6.45) is -3.37. The molecular formula is C13H10F3NO2. The van der Waals surface area contributed by atoms with Crippen molar-refractivity contribution in [3.8, 4) is 6.07 Å². The maximum atomic E-state index is 12.3. The van der Waals surface area contributed by atoms with Crippen molar-refractivity contribution in [3.63, 3.8) is 0 Å². The van der Waals surface area contributed by atoms with Crippen LogP contribution >= 0.6 is 0 Å². The maximum Gasteiger partial charge on any atom is 0.416 e. The lowest BCUT2D eigenvalue weighted by atomic mass is 10.1. The van der Waals surface area contributed by atoms with Crippen LogP contribution in [0.3, 0.4) is 0 Å². The lowest BCUT2D eigenvalue weighted by Crippen LogP contribution is -2.05. The monoisotopic (exact) mass is 269 g/mol. The molecule has 0 aliphatic rings. The summed E-state index contributed by atoms with van der Waals surface area (Å²) < 4.78 is 41.7. The summed E-state index contributed by atoms with van der Waals surface area (Å²) >= 11 is 0. The highest BCUT2D eigenvalue weighted by molar-refractivity contribution is 5.83. The predicted molar refractivity (Wildman–Crippen MR) is 60.6 cm³/mol. The lowest BCUT2D eigenvalue weighted by Gasteiger charge is -2.07. The van der Waals surface area contributed by atoms with Crippen LogP contribution in [-0.2, 0) is 22.3 Å². The van der Waals surface area contributed by atoms with E-state index in [9.17, 15) is 18.0 Å². The summed E-state index contributed by atoms with van der Waals surface area (Å²) in [4.78, 5) is 11.2.